The second-order valence-electron chi connectivity index (χ2n) is 3.71. The fraction of sp³-hybridized carbons (Fsp3) is 0.0909. The number of carboxylic acid groups (broad SMARTS) is 1. The van der Waals surface area contributed by atoms with Gasteiger partial charge in [-0.25, -0.2) is 14.8 Å². The van der Waals surface area contributed by atoms with E-state index >= 15 is 0 Å². The Balaban J connectivity index is 1.87. The first-order chi connectivity index (χ1) is 8.68. The maximum atomic E-state index is 11.9. The molecule has 3 rings (SSSR count). The van der Waals surface area contributed by atoms with Crippen LogP contribution in [0.3, 0.4) is 0 Å². The van der Waals surface area contributed by atoms with Gasteiger partial charge in [0, 0.05) is 11.6 Å². The molecule has 1 unspecified atom stereocenters. The zero-order chi connectivity index (χ0) is 12.7. The van der Waals surface area contributed by atoms with Crippen molar-refractivity contribution in [3.8, 4) is 0 Å². The number of aromatic nitrogens is 2. The van der Waals surface area contributed by atoms with Crippen molar-refractivity contribution >= 4 is 29.7 Å². The molecule has 7 heteroatoms. The molecule has 90 valence electrons. The zero-order valence-corrected chi connectivity index (χ0v) is 9.79. The maximum Gasteiger partial charge on any atom is 0.353 e. The normalized spacial score (nSPS) is 23.7. The first-order valence-corrected chi connectivity index (χ1v) is 6.03. The monoisotopic (exact) mass is 261 g/mol. The van der Waals surface area contributed by atoms with Gasteiger partial charge in [0.2, 0.25) is 0 Å². The summed E-state index contributed by atoms with van der Waals surface area (Å²) in [6.45, 7) is 0. The number of carbonyl (C=O) groups excluding carboxylic acids is 1. The van der Waals surface area contributed by atoms with Crippen LogP contribution in [-0.2, 0) is 9.59 Å². The predicted octanol–water partition coefficient (Wildman–Crippen LogP) is 0.701. The molecule has 0 radical (unpaired) electrons. The lowest BCUT2D eigenvalue weighted by Gasteiger charge is -2.37. The highest BCUT2D eigenvalue weighted by Crippen LogP contribution is 2.44. The van der Waals surface area contributed by atoms with Gasteiger partial charge in [-0.1, -0.05) is 0 Å². The number of β-lactam (4-membered cyclic amide) rings is 1. The summed E-state index contributed by atoms with van der Waals surface area (Å²) in [6.07, 6.45) is 4.65. The van der Waals surface area contributed by atoms with E-state index in [1.807, 2.05) is 0 Å². The summed E-state index contributed by atoms with van der Waals surface area (Å²) in [5, 5.41) is 10.2. The zero-order valence-electron chi connectivity index (χ0n) is 8.98. The van der Waals surface area contributed by atoms with Gasteiger partial charge in [-0.15, -0.1) is 11.8 Å². The minimum atomic E-state index is -1.08. The molecule has 3 heterocycles. The second kappa shape index (κ2) is 3.95. The first kappa shape index (κ1) is 11.0. The van der Waals surface area contributed by atoms with Crippen molar-refractivity contribution in [3.05, 3.63) is 41.0 Å². The predicted molar refractivity (Wildman–Crippen MR) is 64.0 cm³/mol. The third-order valence-electron chi connectivity index (χ3n) is 2.66. The average molecular weight is 261 g/mol. The minimum Gasteiger partial charge on any atom is -0.477 e. The van der Waals surface area contributed by atoms with Crippen LogP contribution in [0.2, 0.25) is 0 Å². The van der Waals surface area contributed by atoms with E-state index in [4.69, 9.17) is 5.11 Å². The molecule has 0 saturated carbocycles. The molecule has 1 N–H and O–H groups in total. The van der Waals surface area contributed by atoms with E-state index in [-0.39, 0.29) is 17.0 Å². The molecular weight excluding hydrogens is 254 g/mol. The summed E-state index contributed by atoms with van der Waals surface area (Å²) in [5.41, 5.74) is 1.23. The number of rotatable bonds is 2. The molecule has 0 aliphatic carbocycles. The SMILES string of the molecule is O=C(O)C1=CSC2C(=Cc3ccncn3)C(=O)N12. The van der Waals surface area contributed by atoms with Gasteiger partial charge in [0.25, 0.3) is 5.91 Å². The van der Waals surface area contributed by atoms with Crippen molar-refractivity contribution in [2.24, 2.45) is 0 Å². The van der Waals surface area contributed by atoms with Crippen molar-refractivity contribution < 1.29 is 14.7 Å². The van der Waals surface area contributed by atoms with Gasteiger partial charge < -0.3 is 5.11 Å². The summed E-state index contributed by atoms with van der Waals surface area (Å²) in [6, 6.07) is 1.69. The van der Waals surface area contributed by atoms with Gasteiger partial charge in [-0.2, -0.15) is 0 Å². The Morgan fingerprint density at radius 2 is 2.39 bits per heavy atom. The number of hydrogen-bond acceptors (Lipinski definition) is 5. The molecule has 1 aromatic rings. The van der Waals surface area contributed by atoms with Gasteiger partial charge >= 0.3 is 5.97 Å². The van der Waals surface area contributed by atoms with E-state index in [2.05, 4.69) is 9.97 Å². The van der Waals surface area contributed by atoms with Crippen molar-refractivity contribution in [3.63, 3.8) is 0 Å². The van der Waals surface area contributed by atoms with E-state index in [0.29, 0.717) is 11.3 Å². The first-order valence-electron chi connectivity index (χ1n) is 5.08. The van der Waals surface area contributed by atoms with Crippen LogP contribution >= 0.6 is 11.8 Å². The van der Waals surface area contributed by atoms with Gasteiger partial charge in [0.1, 0.15) is 17.4 Å². The Morgan fingerprint density at radius 1 is 1.56 bits per heavy atom. The molecule has 6 nitrogen and oxygen atoms in total. The lowest BCUT2D eigenvalue weighted by molar-refractivity contribution is -0.141. The highest BCUT2D eigenvalue weighted by Gasteiger charge is 2.49. The van der Waals surface area contributed by atoms with Gasteiger partial charge in [-0.05, 0) is 12.1 Å². The molecule has 18 heavy (non-hydrogen) atoms. The Kier molecular flexibility index (Phi) is 2.41. The molecular formula is C11H7N3O3S. The third-order valence-corrected chi connectivity index (χ3v) is 3.74. The molecule has 2 aliphatic heterocycles. The lowest BCUT2D eigenvalue weighted by Crippen LogP contribution is -2.51. The molecule has 2 aliphatic rings. The summed E-state index contributed by atoms with van der Waals surface area (Å²) in [5.74, 6) is -1.36. The number of hydrogen-bond donors (Lipinski definition) is 1. The van der Waals surface area contributed by atoms with Crippen LogP contribution in [-0.4, -0.2) is 37.2 Å². The highest BCUT2D eigenvalue weighted by atomic mass is 32.2. The molecule has 1 aromatic heterocycles. The number of fused-ring (bicyclic) bond motifs is 1. The number of aliphatic carboxylic acids is 1. The summed E-state index contributed by atoms with van der Waals surface area (Å²) >= 11 is 1.31. The molecule has 0 aromatic carbocycles. The molecule has 1 saturated heterocycles. The van der Waals surface area contributed by atoms with Crippen LogP contribution in [0.4, 0.5) is 0 Å². The van der Waals surface area contributed by atoms with Crippen LogP contribution in [0, 0.1) is 0 Å². The second-order valence-corrected chi connectivity index (χ2v) is 4.66. The van der Waals surface area contributed by atoms with E-state index in [0.717, 1.165) is 0 Å². The largest absolute Gasteiger partial charge is 0.477 e. The summed E-state index contributed by atoms with van der Waals surface area (Å²) in [7, 11) is 0. The molecule has 0 spiro atoms. The van der Waals surface area contributed by atoms with Gasteiger partial charge in [0.15, 0.2) is 0 Å². The van der Waals surface area contributed by atoms with E-state index in [1.165, 1.54) is 28.4 Å². The van der Waals surface area contributed by atoms with E-state index in [9.17, 15) is 9.59 Å². The van der Waals surface area contributed by atoms with Crippen LogP contribution in [0.15, 0.2) is 35.3 Å². The van der Waals surface area contributed by atoms with Crippen molar-refractivity contribution in [2.75, 3.05) is 0 Å². The van der Waals surface area contributed by atoms with Crippen LogP contribution < -0.4 is 0 Å². The number of carboxylic acids is 1. The van der Waals surface area contributed by atoms with E-state index < -0.39 is 5.97 Å². The van der Waals surface area contributed by atoms with E-state index in [1.54, 1.807) is 18.3 Å². The van der Waals surface area contributed by atoms with Crippen LogP contribution in [0.1, 0.15) is 5.69 Å². The topological polar surface area (TPSA) is 83.4 Å². The number of nitrogens with zero attached hydrogens (tertiary/aromatic N) is 3. The molecule has 1 amide bonds. The standard InChI is InChI=1S/C11H7N3O3S/c15-9-7(3-6-1-2-12-5-13-6)10-14(9)8(4-18-10)11(16)17/h1-5,10H,(H,16,17). The van der Waals surface area contributed by atoms with Crippen LogP contribution in [0.5, 0.6) is 0 Å². The van der Waals surface area contributed by atoms with Crippen molar-refractivity contribution in [2.45, 2.75) is 5.37 Å². The maximum absolute atomic E-state index is 11.9. The molecule has 1 atom stereocenters. The quantitative estimate of drug-likeness (QED) is 0.623. The number of thioether (sulfide) groups is 1. The Bertz CT molecular complexity index is 597. The molecule has 0 bridgehead atoms. The fourth-order valence-corrected chi connectivity index (χ4v) is 2.93. The third kappa shape index (κ3) is 1.52. The Labute approximate surface area is 106 Å². The number of amides is 1. The average Bonchev–Trinajstić information content (AvgIpc) is 2.77. The highest BCUT2D eigenvalue weighted by molar-refractivity contribution is 8.03. The fourth-order valence-electron chi connectivity index (χ4n) is 1.81. The smallest absolute Gasteiger partial charge is 0.353 e. The molecule has 1 fully saturated rings. The van der Waals surface area contributed by atoms with Crippen LogP contribution in [0.25, 0.3) is 6.08 Å². The number of carbonyl (C=O) groups is 2. The Hall–Kier alpha value is -2.15. The minimum absolute atomic E-state index is 0.0369. The summed E-state index contributed by atoms with van der Waals surface area (Å²) < 4.78 is 0. The summed E-state index contributed by atoms with van der Waals surface area (Å²) in [4.78, 5) is 31.8. The Morgan fingerprint density at radius 3 is 3.06 bits per heavy atom. The van der Waals surface area contributed by atoms with Crippen molar-refractivity contribution in [1.29, 1.82) is 0 Å². The lowest BCUT2D eigenvalue weighted by atomic mass is 10.0. The van der Waals surface area contributed by atoms with Gasteiger partial charge in [-0.3, -0.25) is 9.69 Å². The van der Waals surface area contributed by atoms with Gasteiger partial charge in [0.05, 0.1) is 11.3 Å². The van der Waals surface area contributed by atoms with Crippen molar-refractivity contribution in [1.82, 2.24) is 14.9 Å².